The first kappa shape index (κ1) is 15.1. The molecule has 0 amide bonds. The largest absolute Gasteiger partial charge is 0.380 e. The van der Waals surface area contributed by atoms with Gasteiger partial charge in [-0.15, -0.1) is 0 Å². The van der Waals surface area contributed by atoms with Crippen molar-refractivity contribution in [2.24, 2.45) is 5.41 Å². The summed E-state index contributed by atoms with van der Waals surface area (Å²) in [5.41, 5.74) is 1.24. The van der Waals surface area contributed by atoms with E-state index in [1.54, 1.807) is 0 Å². The molecule has 1 fully saturated rings. The zero-order valence-electron chi connectivity index (χ0n) is 11.4. The van der Waals surface area contributed by atoms with Crippen LogP contribution >= 0.6 is 27.5 Å². The van der Waals surface area contributed by atoms with Gasteiger partial charge in [0.05, 0.1) is 10.7 Å². The summed E-state index contributed by atoms with van der Waals surface area (Å²) in [7, 11) is 0. The quantitative estimate of drug-likeness (QED) is 0.645. The lowest BCUT2D eigenvalue weighted by Gasteiger charge is -2.23. The molecule has 1 saturated carbocycles. The summed E-state index contributed by atoms with van der Waals surface area (Å²) in [6.07, 6.45) is 5.97. The maximum Gasteiger partial charge on any atom is 0.125 e. The Morgan fingerprint density at radius 2 is 2.05 bits per heavy atom. The van der Waals surface area contributed by atoms with Crippen molar-refractivity contribution in [2.75, 3.05) is 5.32 Å². The van der Waals surface area contributed by atoms with Crippen LogP contribution in [0.15, 0.2) is 16.6 Å². The molecule has 0 saturated heterocycles. The highest BCUT2D eigenvalue weighted by Gasteiger charge is 2.25. The Bertz CT molecular complexity index is 438. The fourth-order valence-electron chi connectivity index (χ4n) is 2.69. The van der Waals surface area contributed by atoms with Crippen molar-refractivity contribution in [3.63, 3.8) is 0 Å². The van der Waals surface area contributed by atoms with E-state index in [4.69, 9.17) is 11.6 Å². The first-order valence-corrected chi connectivity index (χ1v) is 7.95. The topological polar surface area (TPSA) is 12.0 Å². The average molecular weight is 349 g/mol. The molecule has 1 atom stereocenters. The molecule has 0 radical (unpaired) electrons. The van der Waals surface area contributed by atoms with Crippen molar-refractivity contribution >= 4 is 33.2 Å². The van der Waals surface area contributed by atoms with Crippen molar-refractivity contribution in [1.29, 1.82) is 0 Å². The van der Waals surface area contributed by atoms with Crippen LogP contribution in [-0.4, -0.2) is 6.04 Å². The molecule has 2 rings (SSSR count). The second kappa shape index (κ2) is 6.01. The third-order valence-electron chi connectivity index (χ3n) is 3.93. The normalized spacial score (nSPS) is 22.9. The van der Waals surface area contributed by atoms with E-state index in [0.29, 0.717) is 21.0 Å². The zero-order chi connectivity index (χ0) is 14.0. The van der Waals surface area contributed by atoms with E-state index in [2.05, 4.69) is 35.1 Å². The summed E-state index contributed by atoms with van der Waals surface area (Å²) in [6.45, 7) is 4.66. The van der Waals surface area contributed by atoms with Crippen molar-refractivity contribution < 1.29 is 4.39 Å². The van der Waals surface area contributed by atoms with E-state index >= 15 is 0 Å². The summed E-state index contributed by atoms with van der Waals surface area (Å²) in [6, 6.07) is 3.23. The smallest absolute Gasteiger partial charge is 0.125 e. The number of halogens is 3. The summed E-state index contributed by atoms with van der Waals surface area (Å²) in [5, 5.41) is 3.92. The molecule has 4 heteroatoms. The third kappa shape index (κ3) is 4.09. The molecule has 19 heavy (non-hydrogen) atoms. The van der Waals surface area contributed by atoms with Gasteiger partial charge in [0.15, 0.2) is 0 Å². The van der Waals surface area contributed by atoms with Gasteiger partial charge in [0.25, 0.3) is 0 Å². The van der Waals surface area contributed by atoms with Crippen LogP contribution in [0.2, 0.25) is 5.02 Å². The van der Waals surface area contributed by atoms with Crippen LogP contribution < -0.4 is 5.32 Å². The first-order chi connectivity index (χ1) is 8.87. The number of hydrogen-bond acceptors (Lipinski definition) is 1. The minimum Gasteiger partial charge on any atom is -0.380 e. The van der Waals surface area contributed by atoms with Gasteiger partial charge in [-0.2, -0.15) is 0 Å². The van der Waals surface area contributed by atoms with Crippen LogP contribution in [0.3, 0.4) is 0 Å². The van der Waals surface area contributed by atoms with Crippen molar-refractivity contribution in [2.45, 2.75) is 52.0 Å². The highest BCUT2D eigenvalue weighted by Crippen LogP contribution is 2.37. The second-order valence-electron chi connectivity index (χ2n) is 6.18. The molecule has 0 bridgehead atoms. The van der Waals surface area contributed by atoms with Gasteiger partial charge in [-0.25, -0.2) is 4.39 Å². The minimum absolute atomic E-state index is 0.315. The van der Waals surface area contributed by atoms with Gasteiger partial charge in [-0.05, 0) is 59.2 Å². The zero-order valence-corrected chi connectivity index (χ0v) is 13.7. The Morgan fingerprint density at radius 3 is 2.74 bits per heavy atom. The maximum absolute atomic E-state index is 13.2. The van der Waals surface area contributed by atoms with Crippen LogP contribution in [-0.2, 0) is 0 Å². The van der Waals surface area contributed by atoms with Crippen molar-refractivity contribution in [1.82, 2.24) is 0 Å². The van der Waals surface area contributed by atoms with E-state index in [1.807, 2.05) is 0 Å². The van der Waals surface area contributed by atoms with E-state index in [1.165, 1.54) is 31.4 Å². The molecule has 0 aliphatic heterocycles. The molecular formula is C15H20BrClFN. The molecule has 0 aromatic heterocycles. The van der Waals surface area contributed by atoms with Gasteiger partial charge in [0.1, 0.15) is 5.82 Å². The molecule has 1 aromatic rings. The van der Waals surface area contributed by atoms with E-state index in [0.717, 1.165) is 18.5 Å². The molecule has 1 aromatic carbocycles. The van der Waals surface area contributed by atoms with E-state index < -0.39 is 0 Å². The summed E-state index contributed by atoms with van der Waals surface area (Å²) < 4.78 is 13.9. The molecule has 1 aliphatic carbocycles. The van der Waals surface area contributed by atoms with Gasteiger partial charge in [-0.1, -0.05) is 31.9 Å². The SMILES string of the molecule is CC1(C)CCCC(Nc2c(Cl)cc(F)cc2Br)CC1. The van der Waals surface area contributed by atoms with Gasteiger partial charge < -0.3 is 5.32 Å². The van der Waals surface area contributed by atoms with Gasteiger partial charge in [-0.3, -0.25) is 0 Å². The first-order valence-electron chi connectivity index (χ1n) is 6.78. The maximum atomic E-state index is 13.2. The Balaban J connectivity index is 2.09. The fourth-order valence-corrected chi connectivity index (χ4v) is 3.61. The van der Waals surface area contributed by atoms with Crippen LogP contribution in [0.1, 0.15) is 46.0 Å². The minimum atomic E-state index is -0.315. The predicted octanol–water partition coefficient (Wildman–Crippen LogP) is 6.01. The second-order valence-corrected chi connectivity index (χ2v) is 7.44. The highest BCUT2D eigenvalue weighted by atomic mass is 79.9. The lowest BCUT2D eigenvalue weighted by molar-refractivity contribution is 0.313. The standard InChI is InChI=1S/C15H20BrClFN/c1-15(2)6-3-4-11(5-7-15)19-14-12(16)8-10(18)9-13(14)17/h8-9,11,19H,3-7H2,1-2H3. The summed E-state index contributed by atoms with van der Waals surface area (Å²) >= 11 is 9.50. The monoisotopic (exact) mass is 347 g/mol. The molecule has 1 aliphatic rings. The highest BCUT2D eigenvalue weighted by molar-refractivity contribution is 9.10. The predicted molar refractivity (Wildman–Crippen MR) is 83.4 cm³/mol. The lowest BCUT2D eigenvalue weighted by Crippen LogP contribution is -2.19. The van der Waals surface area contributed by atoms with Crippen molar-refractivity contribution in [3.8, 4) is 0 Å². The fraction of sp³-hybridized carbons (Fsp3) is 0.600. The van der Waals surface area contributed by atoms with Crippen LogP contribution in [0, 0.1) is 11.2 Å². The van der Waals surface area contributed by atoms with Crippen LogP contribution in [0.4, 0.5) is 10.1 Å². The van der Waals surface area contributed by atoms with Crippen LogP contribution in [0.25, 0.3) is 0 Å². The van der Waals surface area contributed by atoms with Gasteiger partial charge >= 0.3 is 0 Å². The molecule has 0 heterocycles. The van der Waals surface area contributed by atoms with Crippen molar-refractivity contribution in [3.05, 3.63) is 27.4 Å². The number of hydrogen-bond donors (Lipinski definition) is 1. The summed E-state index contributed by atoms with van der Waals surface area (Å²) in [5.74, 6) is -0.315. The number of rotatable bonds is 2. The molecule has 106 valence electrons. The molecule has 1 nitrogen and oxygen atoms in total. The Labute approximate surface area is 128 Å². The Kier molecular flexibility index (Phi) is 4.78. The van der Waals surface area contributed by atoms with E-state index in [-0.39, 0.29) is 5.82 Å². The Hall–Kier alpha value is -0.280. The summed E-state index contributed by atoms with van der Waals surface area (Å²) in [4.78, 5) is 0. The third-order valence-corrected chi connectivity index (χ3v) is 4.85. The average Bonchev–Trinajstić information content (AvgIpc) is 2.45. The molecule has 0 spiro atoms. The lowest BCUT2D eigenvalue weighted by atomic mass is 9.85. The van der Waals surface area contributed by atoms with Gasteiger partial charge in [0.2, 0.25) is 0 Å². The number of anilines is 1. The molecule has 1 N–H and O–H groups in total. The van der Waals surface area contributed by atoms with E-state index in [9.17, 15) is 4.39 Å². The number of benzene rings is 1. The molecular weight excluding hydrogens is 329 g/mol. The Morgan fingerprint density at radius 1 is 1.32 bits per heavy atom. The van der Waals surface area contributed by atoms with Gasteiger partial charge in [0, 0.05) is 10.5 Å². The number of nitrogens with one attached hydrogen (secondary N) is 1. The molecule has 1 unspecified atom stereocenters. The van der Waals surface area contributed by atoms with Crippen LogP contribution in [0.5, 0.6) is 0 Å².